The van der Waals surface area contributed by atoms with Gasteiger partial charge in [-0.1, -0.05) is 164 Å². The topological polar surface area (TPSA) is 56.7 Å². The van der Waals surface area contributed by atoms with Crippen LogP contribution in [0.3, 0.4) is 0 Å². The number of para-hydroxylation sites is 2. The standard InChI is InChI=1S/C59H36N4O/c1-3-16-37(17-4-1)39-23-15-24-43(32-39)58-60-57(38-18-5-2-6-19-38)61-59(62-58)47-31-30-44(63-51-28-13-11-26-46(51)49-33-40-20-7-8-21-41(40)34-52(49)63)36-50(47)55-45-25-10-9-22-42(45)35-54-56(55)48-27-12-14-29-53(48)64-54/h1-36H. The zero-order chi connectivity index (χ0) is 42.1. The SMILES string of the molecule is c1ccc(-c2cccc(-c3nc(-c4ccccc4)nc(-c4ccc(-n5c6ccccc6c6cc7ccccc7cc65)cc4-c4c5ccccc5cc5oc6ccccc6c45)n3)c2)cc1. The summed E-state index contributed by atoms with van der Waals surface area (Å²) in [5.41, 5.74) is 12.0. The third-order valence-electron chi connectivity index (χ3n) is 12.6. The zero-order valence-electron chi connectivity index (χ0n) is 34.5. The number of benzene rings is 10. The van der Waals surface area contributed by atoms with Crippen LogP contribution in [-0.2, 0) is 0 Å². The summed E-state index contributed by atoms with van der Waals surface area (Å²) in [7, 11) is 0. The van der Waals surface area contributed by atoms with Crippen molar-refractivity contribution in [2.75, 3.05) is 0 Å². The summed E-state index contributed by atoms with van der Waals surface area (Å²) in [6.07, 6.45) is 0. The normalized spacial score (nSPS) is 11.8. The molecular formula is C59H36N4O. The van der Waals surface area contributed by atoms with Gasteiger partial charge >= 0.3 is 0 Å². The summed E-state index contributed by atoms with van der Waals surface area (Å²) in [6, 6.07) is 76.9. The lowest BCUT2D eigenvalue weighted by Crippen LogP contribution is -2.02. The molecule has 0 saturated carbocycles. The van der Waals surface area contributed by atoms with Gasteiger partial charge in [0, 0.05) is 49.5 Å². The van der Waals surface area contributed by atoms with Crippen LogP contribution >= 0.6 is 0 Å². The lowest BCUT2D eigenvalue weighted by atomic mass is 9.90. The maximum atomic E-state index is 6.68. The molecule has 0 amide bonds. The molecule has 0 radical (unpaired) electrons. The predicted molar refractivity (Wildman–Crippen MR) is 264 cm³/mol. The molecule has 0 saturated heterocycles. The van der Waals surface area contributed by atoms with Gasteiger partial charge in [-0.3, -0.25) is 0 Å². The van der Waals surface area contributed by atoms with Crippen molar-refractivity contribution in [3.05, 3.63) is 218 Å². The van der Waals surface area contributed by atoms with Crippen molar-refractivity contribution >= 4 is 65.3 Å². The first-order valence-corrected chi connectivity index (χ1v) is 21.6. The molecule has 0 aliphatic carbocycles. The number of rotatable bonds is 6. The number of nitrogens with zero attached hydrogens (tertiary/aromatic N) is 4. The van der Waals surface area contributed by atoms with E-state index in [-0.39, 0.29) is 0 Å². The fourth-order valence-corrected chi connectivity index (χ4v) is 9.65. The maximum absolute atomic E-state index is 6.68. The lowest BCUT2D eigenvalue weighted by molar-refractivity contribution is 0.669. The van der Waals surface area contributed by atoms with Crippen molar-refractivity contribution in [3.8, 4) is 62.1 Å². The average Bonchev–Trinajstić information content (AvgIpc) is 3.90. The van der Waals surface area contributed by atoms with Crippen molar-refractivity contribution in [2.45, 2.75) is 0 Å². The number of hydrogen-bond donors (Lipinski definition) is 0. The summed E-state index contributed by atoms with van der Waals surface area (Å²) in [6.45, 7) is 0. The van der Waals surface area contributed by atoms with Gasteiger partial charge in [0.25, 0.3) is 0 Å². The van der Waals surface area contributed by atoms with Gasteiger partial charge in [0.15, 0.2) is 17.5 Å². The van der Waals surface area contributed by atoms with Crippen LogP contribution in [0, 0.1) is 0 Å². The minimum Gasteiger partial charge on any atom is -0.456 e. The second-order valence-corrected chi connectivity index (χ2v) is 16.4. The Bertz CT molecular complexity index is 3960. The monoisotopic (exact) mass is 816 g/mol. The molecule has 5 nitrogen and oxygen atoms in total. The molecule has 64 heavy (non-hydrogen) atoms. The highest BCUT2D eigenvalue weighted by Gasteiger charge is 2.24. The van der Waals surface area contributed by atoms with E-state index in [0.717, 1.165) is 88.4 Å². The number of aromatic nitrogens is 4. The second-order valence-electron chi connectivity index (χ2n) is 16.4. The minimum atomic E-state index is 0.581. The molecule has 298 valence electrons. The van der Waals surface area contributed by atoms with Crippen LogP contribution < -0.4 is 0 Å². The molecule has 0 spiro atoms. The Labute approximate surface area is 368 Å². The highest BCUT2D eigenvalue weighted by Crippen LogP contribution is 2.46. The zero-order valence-corrected chi connectivity index (χ0v) is 34.5. The number of furan rings is 1. The highest BCUT2D eigenvalue weighted by molar-refractivity contribution is 6.22. The van der Waals surface area contributed by atoms with Gasteiger partial charge in [-0.2, -0.15) is 0 Å². The van der Waals surface area contributed by atoms with Crippen LogP contribution in [-0.4, -0.2) is 19.5 Å². The first-order valence-electron chi connectivity index (χ1n) is 21.6. The number of hydrogen-bond acceptors (Lipinski definition) is 4. The van der Waals surface area contributed by atoms with E-state index >= 15 is 0 Å². The van der Waals surface area contributed by atoms with Gasteiger partial charge < -0.3 is 8.98 Å². The van der Waals surface area contributed by atoms with E-state index in [1.165, 1.54) is 21.5 Å². The Balaban J connectivity index is 1.14. The fraction of sp³-hybridized carbons (Fsp3) is 0. The van der Waals surface area contributed by atoms with E-state index in [4.69, 9.17) is 19.4 Å². The Hall–Kier alpha value is -8.67. The van der Waals surface area contributed by atoms with Gasteiger partial charge in [0.2, 0.25) is 0 Å². The Morgan fingerprint density at radius 1 is 0.328 bits per heavy atom. The van der Waals surface area contributed by atoms with E-state index in [2.05, 4.69) is 193 Å². The average molecular weight is 817 g/mol. The van der Waals surface area contributed by atoms with E-state index in [1.54, 1.807) is 0 Å². The van der Waals surface area contributed by atoms with E-state index < -0.39 is 0 Å². The molecule has 0 unspecified atom stereocenters. The molecule has 0 atom stereocenters. The van der Waals surface area contributed by atoms with Crippen molar-refractivity contribution < 1.29 is 4.42 Å². The van der Waals surface area contributed by atoms with Crippen molar-refractivity contribution in [2.24, 2.45) is 0 Å². The molecule has 10 aromatic carbocycles. The summed E-state index contributed by atoms with van der Waals surface area (Å²) in [5, 5.41) is 9.12. The Kier molecular flexibility index (Phi) is 8.15. The molecule has 0 aliphatic heterocycles. The Morgan fingerprint density at radius 3 is 1.75 bits per heavy atom. The Morgan fingerprint density at radius 2 is 0.938 bits per heavy atom. The smallest absolute Gasteiger partial charge is 0.164 e. The van der Waals surface area contributed by atoms with Gasteiger partial charge in [0.05, 0.1) is 11.0 Å². The molecule has 3 aromatic heterocycles. The van der Waals surface area contributed by atoms with Crippen LogP contribution in [0.2, 0.25) is 0 Å². The molecule has 13 aromatic rings. The van der Waals surface area contributed by atoms with E-state index in [0.29, 0.717) is 17.5 Å². The fourth-order valence-electron chi connectivity index (χ4n) is 9.65. The van der Waals surface area contributed by atoms with Crippen LogP contribution in [0.5, 0.6) is 0 Å². The summed E-state index contributed by atoms with van der Waals surface area (Å²) < 4.78 is 9.09. The van der Waals surface area contributed by atoms with Gasteiger partial charge in [-0.25, -0.2) is 15.0 Å². The summed E-state index contributed by atoms with van der Waals surface area (Å²) in [4.78, 5) is 15.9. The molecule has 3 heterocycles. The van der Waals surface area contributed by atoms with Crippen molar-refractivity contribution in [1.82, 2.24) is 19.5 Å². The number of fused-ring (bicyclic) bond motifs is 8. The quantitative estimate of drug-likeness (QED) is 0.168. The van der Waals surface area contributed by atoms with Crippen LogP contribution in [0.4, 0.5) is 0 Å². The minimum absolute atomic E-state index is 0.581. The van der Waals surface area contributed by atoms with Crippen molar-refractivity contribution in [1.29, 1.82) is 0 Å². The summed E-state index contributed by atoms with van der Waals surface area (Å²) in [5.74, 6) is 1.78. The summed E-state index contributed by atoms with van der Waals surface area (Å²) >= 11 is 0. The molecule has 0 bridgehead atoms. The van der Waals surface area contributed by atoms with Gasteiger partial charge in [0.1, 0.15) is 11.2 Å². The van der Waals surface area contributed by atoms with E-state index in [1.807, 2.05) is 30.3 Å². The highest BCUT2D eigenvalue weighted by atomic mass is 16.3. The predicted octanol–water partition coefficient (Wildman–Crippen LogP) is 15.5. The molecule has 0 fully saturated rings. The van der Waals surface area contributed by atoms with Crippen LogP contribution in [0.25, 0.3) is 127 Å². The molecule has 5 heteroatoms. The van der Waals surface area contributed by atoms with Crippen molar-refractivity contribution in [3.63, 3.8) is 0 Å². The third-order valence-corrected chi connectivity index (χ3v) is 12.6. The molecule has 13 rings (SSSR count). The first-order chi connectivity index (χ1) is 31.7. The van der Waals surface area contributed by atoms with Gasteiger partial charge in [-0.15, -0.1) is 0 Å². The first kappa shape index (κ1) is 36.0. The largest absolute Gasteiger partial charge is 0.456 e. The van der Waals surface area contributed by atoms with Crippen LogP contribution in [0.1, 0.15) is 0 Å². The lowest BCUT2D eigenvalue weighted by Gasteiger charge is -2.18. The third kappa shape index (κ3) is 5.83. The molecule has 0 aliphatic rings. The maximum Gasteiger partial charge on any atom is 0.164 e. The molecule has 0 N–H and O–H groups in total. The van der Waals surface area contributed by atoms with Crippen LogP contribution in [0.15, 0.2) is 223 Å². The van der Waals surface area contributed by atoms with E-state index in [9.17, 15) is 0 Å². The van der Waals surface area contributed by atoms with Gasteiger partial charge in [-0.05, 0) is 92.8 Å². The molecular weight excluding hydrogens is 781 g/mol. The second kappa shape index (κ2) is 14.5.